The fourth-order valence-electron chi connectivity index (χ4n) is 3.44. The molecule has 0 aliphatic rings. The van der Waals surface area contributed by atoms with E-state index in [0.29, 0.717) is 10.7 Å². The summed E-state index contributed by atoms with van der Waals surface area (Å²) in [6.45, 7) is 5.80. The van der Waals surface area contributed by atoms with Gasteiger partial charge in [-0.25, -0.2) is 0 Å². The van der Waals surface area contributed by atoms with Gasteiger partial charge in [0.2, 0.25) is 11.0 Å². The van der Waals surface area contributed by atoms with Crippen molar-refractivity contribution in [3.05, 3.63) is 77.9 Å². The Bertz CT molecular complexity index is 1280. The van der Waals surface area contributed by atoms with Gasteiger partial charge in [-0.2, -0.15) is 0 Å². The number of nitrogens with one attached hydrogen (secondary N) is 2. The van der Waals surface area contributed by atoms with Crippen molar-refractivity contribution in [3.8, 4) is 10.6 Å². The highest BCUT2D eigenvalue weighted by molar-refractivity contribution is 7.18. The Morgan fingerprint density at radius 1 is 0.906 bits per heavy atom. The first-order chi connectivity index (χ1) is 15.4. The maximum Gasteiger partial charge on any atom is 0.251 e. The van der Waals surface area contributed by atoms with Gasteiger partial charge >= 0.3 is 0 Å². The molecule has 3 aromatic carbocycles. The van der Waals surface area contributed by atoms with E-state index in [9.17, 15) is 9.59 Å². The van der Waals surface area contributed by atoms with Crippen molar-refractivity contribution < 1.29 is 9.59 Å². The van der Waals surface area contributed by atoms with Crippen LogP contribution in [0.3, 0.4) is 0 Å². The molecule has 7 heteroatoms. The number of hydrogen-bond acceptors (Lipinski definition) is 5. The van der Waals surface area contributed by atoms with E-state index < -0.39 is 6.04 Å². The van der Waals surface area contributed by atoms with Gasteiger partial charge in [-0.3, -0.25) is 14.9 Å². The summed E-state index contributed by atoms with van der Waals surface area (Å²) in [5.41, 5.74) is 2.59. The Kier molecular flexibility index (Phi) is 6.28. The maximum absolute atomic E-state index is 12.9. The quantitative estimate of drug-likeness (QED) is 0.435. The number of nitrogens with zero attached hydrogens (tertiary/aromatic N) is 2. The molecule has 0 bridgehead atoms. The Balaban J connectivity index is 1.47. The second-order valence-corrected chi connectivity index (χ2v) is 9.01. The SMILES string of the molecule is Cc1cccc(-c2nnc(NC(=O)C(NC(=O)c3ccc4ccccc4c3)C(C)C)s2)c1. The first kappa shape index (κ1) is 21.6. The smallest absolute Gasteiger partial charge is 0.251 e. The van der Waals surface area contributed by atoms with Crippen molar-refractivity contribution in [3.63, 3.8) is 0 Å². The molecule has 32 heavy (non-hydrogen) atoms. The van der Waals surface area contributed by atoms with Crippen molar-refractivity contribution in [2.75, 3.05) is 5.32 Å². The summed E-state index contributed by atoms with van der Waals surface area (Å²) in [5.74, 6) is -0.716. The first-order valence-corrected chi connectivity index (χ1v) is 11.2. The van der Waals surface area contributed by atoms with Gasteiger partial charge in [-0.1, -0.05) is 79.3 Å². The van der Waals surface area contributed by atoms with Gasteiger partial charge in [0.25, 0.3) is 5.91 Å². The molecule has 0 spiro atoms. The van der Waals surface area contributed by atoms with Crippen LogP contribution in [0.5, 0.6) is 0 Å². The molecule has 0 saturated heterocycles. The molecule has 1 unspecified atom stereocenters. The van der Waals surface area contributed by atoms with E-state index in [2.05, 4.69) is 20.8 Å². The summed E-state index contributed by atoms with van der Waals surface area (Å²) in [5, 5.41) is 17.1. The maximum atomic E-state index is 12.9. The highest BCUT2D eigenvalue weighted by Crippen LogP contribution is 2.27. The molecule has 0 aliphatic heterocycles. The van der Waals surface area contributed by atoms with E-state index in [1.165, 1.54) is 11.3 Å². The molecular weight excluding hydrogens is 420 g/mol. The molecule has 0 saturated carbocycles. The van der Waals surface area contributed by atoms with E-state index in [1.807, 2.05) is 81.4 Å². The molecular formula is C25H24N4O2S. The largest absolute Gasteiger partial charge is 0.340 e. The van der Waals surface area contributed by atoms with Crippen molar-refractivity contribution >= 4 is 39.1 Å². The van der Waals surface area contributed by atoms with Crippen LogP contribution in [0.4, 0.5) is 5.13 Å². The Labute approximate surface area is 190 Å². The van der Waals surface area contributed by atoms with Crippen LogP contribution < -0.4 is 10.6 Å². The molecule has 1 heterocycles. The van der Waals surface area contributed by atoms with Crippen LogP contribution in [0.25, 0.3) is 21.3 Å². The number of rotatable bonds is 6. The van der Waals surface area contributed by atoms with Crippen LogP contribution >= 0.6 is 11.3 Å². The summed E-state index contributed by atoms with van der Waals surface area (Å²) in [6.07, 6.45) is 0. The highest BCUT2D eigenvalue weighted by Gasteiger charge is 2.26. The highest BCUT2D eigenvalue weighted by atomic mass is 32.1. The first-order valence-electron chi connectivity index (χ1n) is 10.4. The van der Waals surface area contributed by atoms with Gasteiger partial charge < -0.3 is 5.32 Å². The number of amides is 2. The minimum absolute atomic E-state index is 0.108. The number of aryl methyl sites for hydroxylation is 1. The normalized spacial score (nSPS) is 12.0. The number of carbonyl (C=O) groups is 2. The zero-order valence-electron chi connectivity index (χ0n) is 18.1. The van der Waals surface area contributed by atoms with Crippen molar-refractivity contribution in [1.82, 2.24) is 15.5 Å². The van der Waals surface area contributed by atoms with E-state index in [4.69, 9.17) is 0 Å². The molecule has 1 atom stereocenters. The number of aromatic nitrogens is 2. The molecule has 1 aromatic heterocycles. The minimum atomic E-state index is -0.708. The molecule has 4 rings (SSSR count). The third-order valence-electron chi connectivity index (χ3n) is 5.17. The van der Waals surface area contributed by atoms with Gasteiger partial charge in [0, 0.05) is 11.1 Å². The topological polar surface area (TPSA) is 84.0 Å². The molecule has 4 aromatic rings. The number of anilines is 1. The fraction of sp³-hybridized carbons (Fsp3) is 0.200. The molecule has 0 fully saturated rings. The summed E-state index contributed by atoms with van der Waals surface area (Å²) in [6, 6.07) is 20.6. The van der Waals surface area contributed by atoms with E-state index >= 15 is 0 Å². The summed E-state index contributed by atoms with van der Waals surface area (Å²) >= 11 is 1.30. The predicted molar refractivity (Wildman–Crippen MR) is 129 cm³/mol. The number of carbonyl (C=O) groups excluding carboxylic acids is 2. The molecule has 0 radical (unpaired) electrons. The lowest BCUT2D eigenvalue weighted by molar-refractivity contribution is -0.118. The van der Waals surface area contributed by atoms with Crippen LogP contribution in [0.1, 0.15) is 29.8 Å². The second-order valence-electron chi connectivity index (χ2n) is 8.03. The lowest BCUT2D eigenvalue weighted by atomic mass is 10.0. The van der Waals surface area contributed by atoms with Crippen LogP contribution in [0.15, 0.2) is 66.7 Å². The molecule has 2 amide bonds. The average Bonchev–Trinajstić information content (AvgIpc) is 3.25. The van der Waals surface area contributed by atoms with Crippen LogP contribution in [-0.4, -0.2) is 28.1 Å². The Morgan fingerprint density at radius 2 is 1.69 bits per heavy atom. The van der Waals surface area contributed by atoms with Crippen molar-refractivity contribution in [1.29, 1.82) is 0 Å². The van der Waals surface area contributed by atoms with E-state index in [1.54, 1.807) is 6.07 Å². The summed E-state index contributed by atoms with van der Waals surface area (Å²) in [7, 11) is 0. The Hall–Kier alpha value is -3.58. The van der Waals surface area contributed by atoms with Gasteiger partial charge in [0.1, 0.15) is 11.0 Å². The van der Waals surface area contributed by atoms with Crippen LogP contribution in [-0.2, 0) is 4.79 Å². The molecule has 0 aliphatic carbocycles. The summed E-state index contributed by atoms with van der Waals surface area (Å²) < 4.78 is 0. The molecule has 2 N–H and O–H groups in total. The monoisotopic (exact) mass is 444 g/mol. The predicted octanol–water partition coefficient (Wildman–Crippen LogP) is 5.06. The molecule has 162 valence electrons. The second kappa shape index (κ2) is 9.28. The number of hydrogen-bond donors (Lipinski definition) is 2. The zero-order chi connectivity index (χ0) is 22.7. The zero-order valence-corrected chi connectivity index (χ0v) is 18.9. The van der Waals surface area contributed by atoms with Crippen LogP contribution in [0, 0.1) is 12.8 Å². The van der Waals surface area contributed by atoms with Crippen molar-refractivity contribution in [2.24, 2.45) is 5.92 Å². The van der Waals surface area contributed by atoms with Crippen LogP contribution in [0.2, 0.25) is 0 Å². The Morgan fingerprint density at radius 3 is 2.44 bits per heavy atom. The van der Waals surface area contributed by atoms with Gasteiger partial charge in [-0.15, -0.1) is 10.2 Å². The third kappa shape index (κ3) is 4.84. The minimum Gasteiger partial charge on any atom is -0.340 e. The van der Waals surface area contributed by atoms with Gasteiger partial charge in [0.05, 0.1) is 0 Å². The third-order valence-corrected chi connectivity index (χ3v) is 6.06. The van der Waals surface area contributed by atoms with Gasteiger partial charge in [-0.05, 0) is 41.8 Å². The van der Waals surface area contributed by atoms with E-state index in [0.717, 1.165) is 26.9 Å². The van der Waals surface area contributed by atoms with Gasteiger partial charge in [0.15, 0.2) is 0 Å². The number of fused-ring (bicyclic) bond motifs is 1. The lowest BCUT2D eigenvalue weighted by Gasteiger charge is -2.21. The number of benzene rings is 3. The fourth-order valence-corrected chi connectivity index (χ4v) is 4.18. The lowest BCUT2D eigenvalue weighted by Crippen LogP contribution is -2.47. The standard InChI is InChI=1S/C25H24N4O2S/c1-15(2)21(26-22(30)19-12-11-17-8-4-5-9-18(17)14-19)23(31)27-25-29-28-24(32-25)20-10-6-7-16(3)13-20/h4-15,21H,1-3H3,(H,26,30)(H,27,29,31). The average molecular weight is 445 g/mol. The van der Waals surface area contributed by atoms with E-state index in [-0.39, 0.29) is 17.7 Å². The summed E-state index contributed by atoms with van der Waals surface area (Å²) in [4.78, 5) is 25.8. The van der Waals surface area contributed by atoms with Crippen molar-refractivity contribution in [2.45, 2.75) is 26.8 Å². The molecule has 6 nitrogen and oxygen atoms in total.